The Morgan fingerprint density at radius 3 is 2.54 bits per heavy atom. The van der Waals surface area contributed by atoms with Gasteiger partial charge in [-0.15, -0.1) is 10.2 Å². The number of pyridine rings is 1. The normalized spacial score (nSPS) is 14.4. The van der Waals surface area contributed by atoms with E-state index in [9.17, 15) is 14.4 Å². The summed E-state index contributed by atoms with van der Waals surface area (Å²) < 4.78 is 0. The molecule has 2 aromatic heterocycles. The van der Waals surface area contributed by atoms with Gasteiger partial charge in [0, 0.05) is 20.1 Å². The number of carbonyl (C=O) groups excluding carboxylic acids is 3. The smallest absolute Gasteiger partial charge is 0.279 e. The number of benzene rings is 1. The molecule has 1 fully saturated rings. The summed E-state index contributed by atoms with van der Waals surface area (Å²) in [5, 5.41) is 14.1. The van der Waals surface area contributed by atoms with Gasteiger partial charge in [-0.2, -0.15) is 0 Å². The first-order chi connectivity index (χ1) is 16.7. The van der Waals surface area contributed by atoms with E-state index in [0.717, 1.165) is 22.5 Å². The van der Waals surface area contributed by atoms with Gasteiger partial charge in [0.25, 0.3) is 11.8 Å². The largest absolute Gasteiger partial charge is 0.363 e. The number of nitrogens with two attached hydrogens (primary N) is 1. The highest BCUT2D eigenvalue weighted by Gasteiger charge is 2.53. The molecule has 0 bridgehead atoms. The number of hydrogen-bond donors (Lipinski definition) is 3. The Balaban J connectivity index is 1.72. The van der Waals surface area contributed by atoms with Gasteiger partial charge in [0.15, 0.2) is 0 Å². The zero-order chi connectivity index (χ0) is 25.3. The van der Waals surface area contributed by atoms with E-state index in [1.54, 1.807) is 0 Å². The van der Waals surface area contributed by atoms with Crippen LogP contribution in [0.25, 0.3) is 0 Å². The maximum Gasteiger partial charge on any atom is 0.279 e. The van der Waals surface area contributed by atoms with E-state index in [1.807, 2.05) is 29.2 Å². The lowest BCUT2D eigenvalue weighted by molar-refractivity contribution is -0.122. The fourth-order valence-electron chi connectivity index (χ4n) is 4.15. The Morgan fingerprint density at radius 2 is 1.91 bits per heavy atom. The molecule has 0 radical (unpaired) electrons. The maximum absolute atomic E-state index is 13.9. The van der Waals surface area contributed by atoms with Crippen LogP contribution in [0, 0.1) is 0 Å². The minimum absolute atomic E-state index is 0.104. The first kappa shape index (κ1) is 24.6. The molecule has 0 saturated carbocycles. The molecule has 0 unspecified atom stereocenters. The number of halogens is 1. The second kappa shape index (κ2) is 9.59. The minimum atomic E-state index is -0.945. The molecule has 1 aliphatic rings. The third-order valence-electron chi connectivity index (χ3n) is 5.94. The van der Waals surface area contributed by atoms with Gasteiger partial charge in [0.05, 0.1) is 17.4 Å². The van der Waals surface area contributed by atoms with Crippen LogP contribution in [-0.2, 0) is 10.2 Å². The number of anilines is 2. The molecule has 3 amide bonds. The maximum atomic E-state index is 13.9. The first-order valence-electron chi connectivity index (χ1n) is 10.8. The van der Waals surface area contributed by atoms with Crippen molar-refractivity contribution in [2.75, 3.05) is 30.4 Å². The summed E-state index contributed by atoms with van der Waals surface area (Å²) in [4.78, 5) is 43.7. The van der Waals surface area contributed by atoms with Gasteiger partial charge in [0.1, 0.15) is 10.6 Å². The van der Waals surface area contributed by atoms with Crippen molar-refractivity contribution >= 4 is 51.5 Å². The standard InChI is InChI=1S/C23H24ClN7O3S/c1-12(2)13-6-4-5-7-15(13)23(10-31(11-23)22-30-29-20(35-22)18(25)32)21(34)28-16-9-27-17(24)8-14(16)19(33)26-3/h4-9,12H,10-11H2,1-3H3,(H2,25,32)(H,26,33)(H,28,34). The number of nitrogens with zero attached hydrogens (tertiary/aromatic N) is 4. The lowest BCUT2D eigenvalue weighted by Gasteiger charge is -2.49. The minimum Gasteiger partial charge on any atom is -0.363 e. The average molecular weight is 514 g/mol. The molecule has 3 aromatic rings. The average Bonchev–Trinajstić information content (AvgIpc) is 3.29. The summed E-state index contributed by atoms with van der Waals surface area (Å²) in [6, 6.07) is 9.20. The Hall–Kier alpha value is -3.57. The molecular weight excluding hydrogens is 490 g/mol. The van der Waals surface area contributed by atoms with Crippen LogP contribution in [0.1, 0.15) is 51.1 Å². The van der Waals surface area contributed by atoms with Gasteiger partial charge < -0.3 is 21.3 Å². The van der Waals surface area contributed by atoms with Crippen molar-refractivity contribution in [1.82, 2.24) is 20.5 Å². The molecular formula is C23H24ClN7O3S. The van der Waals surface area contributed by atoms with Crippen LogP contribution in [0.2, 0.25) is 5.15 Å². The predicted molar refractivity (Wildman–Crippen MR) is 134 cm³/mol. The Kier molecular flexibility index (Phi) is 6.73. The molecule has 1 aromatic carbocycles. The number of nitrogens with one attached hydrogen (secondary N) is 2. The summed E-state index contributed by atoms with van der Waals surface area (Å²) >= 11 is 7.07. The first-order valence-corrected chi connectivity index (χ1v) is 12.0. The second-order valence-corrected chi connectivity index (χ2v) is 9.86. The number of aromatic nitrogens is 3. The van der Waals surface area contributed by atoms with Crippen LogP contribution in [0.4, 0.5) is 10.8 Å². The number of carbonyl (C=O) groups is 3. The van der Waals surface area contributed by atoms with E-state index >= 15 is 0 Å². The van der Waals surface area contributed by atoms with Crippen molar-refractivity contribution in [2.24, 2.45) is 5.73 Å². The number of rotatable bonds is 7. The van der Waals surface area contributed by atoms with Gasteiger partial charge in [-0.25, -0.2) is 4.98 Å². The molecule has 0 aliphatic carbocycles. The third kappa shape index (κ3) is 4.56. The van der Waals surface area contributed by atoms with Crippen molar-refractivity contribution in [3.8, 4) is 0 Å². The van der Waals surface area contributed by atoms with Crippen LogP contribution in [0.5, 0.6) is 0 Å². The highest BCUT2D eigenvalue weighted by atomic mass is 35.5. The summed E-state index contributed by atoms with van der Waals surface area (Å²) in [6.45, 7) is 4.73. The Morgan fingerprint density at radius 1 is 1.20 bits per heavy atom. The van der Waals surface area contributed by atoms with Crippen molar-refractivity contribution in [3.63, 3.8) is 0 Å². The van der Waals surface area contributed by atoms with E-state index in [4.69, 9.17) is 17.3 Å². The Labute approximate surface area is 210 Å². The van der Waals surface area contributed by atoms with Crippen LogP contribution in [0.3, 0.4) is 0 Å². The molecule has 1 aliphatic heterocycles. The van der Waals surface area contributed by atoms with Gasteiger partial charge in [-0.3, -0.25) is 14.4 Å². The topological polar surface area (TPSA) is 143 Å². The van der Waals surface area contributed by atoms with Crippen LogP contribution in [0.15, 0.2) is 36.5 Å². The van der Waals surface area contributed by atoms with E-state index in [1.165, 1.54) is 19.3 Å². The van der Waals surface area contributed by atoms with Crippen molar-refractivity contribution < 1.29 is 14.4 Å². The van der Waals surface area contributed by atoms with Gasteiger partial charge in [-0.05, 0) is 23.1 Å². The summed E-state index contributed by atoms with van der Waals surface area (Å²) in [7, 11) is 1.49. The zero-order valence-electron chi connectivity index (χ0n) is 19.3. The molecule has 12 heteroatoms. The van der Waals surface area contributed by atoms with Crippen molar-refractivity contribution in [1.29, 1.82) is 0 Å². The third-order valence-corrected chi connectivity index (χ3v) is 7.15. The van der Waals surface area contributed by atoms with E-state index in [-0.39, 0.29) is 33.2 Å². The number of amides is 3. The van der Waals surface area contributed by atoms with E-state index in [2.05, 4.69) is 39.7 Å². The summed E-state index contributed by atoms with van der Waals surface area (Å²) in [5.41, 5.74) is 6.76. The fraction of sp³-hybridized carbons (Fsp3) is 0.304. The lowest BCUT2D eigenvalue weighted by atomic mass is 9.70. The molecule has 4 N–H and O–H groups in total. The van der Waals surface area contributed by atoms with Crippen molar-refractivity contribution in [3.05, 3.63) is 63.4 Å². The number of primary amides is 1. The quantitative estimate of drug-likeness (QED) is 0.412. The molecule has 1 saturated heterocycles. The van der Waals surface area contributed by atoms with Gasteiger partial charge in [0.2, 0.25) is 16.0 Å². The van der Waals surface area contributed by atoms with Gasteiger partial charge >= 0.3 is 0 Å². The summed E-state index contributed by atoms with van der Waals surface area (Å²) in [5.74, 6) is -1.17. The number of hydrogen-bond acceptors (Lipinski definition) is 8. The highest BCUT2D eigenvalue weighted by molar-refractivity contribution is 7.17. The molecule has 182 valence electrons. The molecule has 10 nitrogen and oxygen atoms in total. The van der Waals surface area contributed by atoms with E-state index in [0.29, 0.717) is 18.2 Å². The highest BCUT2D eigenvalue weighted by Crippen LogP contribution is 2.42. The van der Waals surface area contributed by atoms with E-state index < -0.39 is 17.2 Å². The fourth-order valence-corrected chi connectivity index (χ4v) is 5.00. The monoisotopic (exact) mass is 513 g/mol. The second-order valence-electron chi connectivity index (χ2n) is 8.52. The lowest BCUT2D eigenvalue weighted by Crippen LogP contribution is -2.65. The molecule has 4 rings (SSSR count). The van der Waals surface area contributed by atoms with Crippen LogP contribution in [-0.4, -0.2) is 53.0 Å². The molecule has 0 spiro atoms. The zero-order valence-corrected chi connectivity index (χ0v) is 20.9. The van der Waals surface area contributed by atoms with Crippen LogP contribution >= 0.6 is 22.9 Å². The SMILES string of the molecule is CNC(=O)c1cc(Cl)ncc1NC(=O)C1(c2ccccc2C(C)C)CN(c2nnc(C(N)=O)s2)C1. The Bertz CT molecular complexity index is 1300. The molecule has 35 heavy (non-hydrogen) atoms. The molecule has 3 heterocycles. The summed E-state index contributed by atoms with van der Waals surface area (Å²) in [6.07, 6.45) is 1.37. The van der Waals surface area contributed by atoms with Crippen LogP contribution < -0.4 is 21.3 Å². The van der Waals surface area contributed by atoms with Gasteiger partial charge in [-0.1, -0.05) is 61.1 Å². The molecule has 0 atom stereocenters. The predicted octanol–water partition coefficient (Wildman–Crippen LogP) is 2.57. The van der Waals surface area contributed by atoms with Crippen molar-refractivity contribution in [2.45, 2.75) is 25.2 Å².